The van der Waals surface area contributed by atoms with Crippen molar-refractivity contribution in [3.8, 4) is 0 Å². The Morgan fingerprint density at radius 1 is 1.38 bits per heavy atom. The predicted molar refractivity (Wildman–Crippen MR) is 56.1 cm³/mol. The molecule has 82 valence electrons. The third kappa shape index (κ3) is 1.31. The average Bonchev–Trinajstić information content (AvgIpc) is 2.61. The van der Waals surface area contributed by atoms with E-state index in [0.717, 1.165) is 5.75 Å². The number of urea groups is 1. The van der Waals surface area contributed by atoms with E-state index in [-0.39, 0.29) is 16.4 Å². The highest BCUT2D eigenvalue weighted by Crippen LogP contribution is 2.22. The van der Waals surface area contributed by atoms with Crippen molar-refractivity contribution in [2.75, 3.05) is 5.75 Å². The van der Waals surface area contributed by atoms with Crippen LogP contribution in [0.1, 0.15) is 6.92 Å². The first-order valence-electron chi connectivity index (χ1n) is 4.90. The van der Waals surface area contributed by atoms with Crippen LogP contribution in [0.5, 0.6) is 0 Å². The first-order valence-corrected chi connectivity index (χ1v) is 5.89. The Morgan fingerprint density at radius 2 is 2.19 bits per heavy atom. The van der Waals surface area contributed by atoms with Crippen LogP contribution in [0, 0.1) is 5.92 Å². The second kappa shape index (κ2) is 3.24. The molecule has 2 aliphatic heterocycles. The summed E-state index contributed by atoms with van der Waals surface area (Å²) in [5, 5.41) is 0.721. The van der Waals surface area contributed by atoms with Gasteiger partial charge in [-0.2, -0.15) is 9.98 Å². The fourth-order valence-corrected chi connectivity index (χ4v) is 2.76. The first kappa shape index (κ1) is 9.71. The van der Waals surface area contributed by atoms with Crippen LogP contribution in [0.15, 0.2) is 19.9 Å². The molecule has 0 saturated heterocycles. The molecule has 1 atom stereocenters. The normalized spacial score (nSPS) is 22.1. The fraction of sp³-hybridized carbons (Fsp3) is 0.444. The summed E-state index contributed by atoms with van der Waals surface area (Å²) in [6.07, 6.45) is 0. The van der Waals surface area contributed by atoms with Crippen LogP contribution < -0.4 is 16.4 Å². The Balaban J connectivity index is 2.36. The van der Waals surface area contributed by atoms with Gasteiger partial charge in [-0.1, -0.05) is 18.7 Å². The standard InChI is InChI=1S/C9H8N4O2S/c1-4-2-13-7(14)5-6(11-8(15)10-5)12-9(13)16-3-4/h4H,2-3H2,1H3. The van der Waals surface area contributed by atoms with E-state index in [1.165, 1.54) is 11.8 Å². The number of amides is 2. The highest BCUT2D eigenvalue weighted by atomic mass is 32.2. The van der Waals surface area contributed by atoms with Gasteiger partial charge in [-0.05, 0) is 5.92 Å². The van der Waals surface area contributed by atoms with Gasteiger partial charge in [-0.15, -0.1) is 0 Å². The number of carbonyl (C=O) groups excluding carboxylic acids is 1. The average molecular weight is 236 g/mol. The molecular weight excluding hydrogens is 228 g/mol. The summed E-state index contributed by atoms with van der Waals surface area (Å²) in [6, 6.07) is -0.638. The lowest BCUT2D eigenvalue weighted by Crippen LogP contribution is -2.48. The molecular formula is C9H8N4O2S. The Morgan fingerprint density at radius 3 is 3.00 bits per heavy atom. The number of thioether (sulfide) groups is 1. The van der Waals surface area contributed by atoms with Gasteiger partial charge in [0.1, 0.15) is 0 Å². The van der Waals surface area contributed by atoms with E-state index >= 15 is 0 Å². The molecule has 2 amide bonds. The summed E-state index contributed by atoms with van der Waals surface area (Å²) in [5.41, 5.74) is -0.0862. The number of nitrogens with zero attached hydrogens (tertiary/aromatic N) is 4. The molecule has 3 heterocycles. The number of rotatable bonds is 0. The molecule has 2 aliphatic rings. The van der Waals surface area contributed by atoms with Crippen molar-refractivity contribution >= 4 is 17.8 Å². The minimum absolute atomic E-state index is 0.0865. The van der Waals surface area contributed by atoms with Crippen LogP contribution in [-0.2, 0) is 6.54 Å². The molecule has 6 nitrogen and oxygen atoms in total. The van der Waals surface area contributed by atoms with Gasteiger partial charge in [-0.3, -0.25) is 9.36 Å². The topological polar surface area (TPSA) is 76.7 Å². The molecule has 0 saturated carbocycles. The maximum absolute atomic E-state index is 12.0. The number of fused-ring (bicyclic) bond motifs is 2. The van der Waals surface area contributed by atoms with E-state index in [2.05, 4.69) is 21.9 Å². The third-order valence-corrected chi connectivity index (χ3v) is 3.80. The van der Waals surface area contributed by atoms with Gasteiger partial charge in [0.2, 0.25) is 0 Å². The maximum Gasteiger partial charge on any atom is 0.370 e. The van der Waals surface area contributed by atoms with Crippen molar-refractivity contribution in [2.24, 2.45) is 15.9 Å². The van der Waals surface area contributed by atoms with Crippen molar-refractivity contribution < 1.29 is 4.79 Å². The van der Waals surface area contributed by atoms with Crippen LogP contribution in [0.4, 0.5) is 4.79 Å². The summed E-state index contributed by atoms with van der Waals surface area (Å²) in [7, 11) is 0. The Labute approximate surface area is 94.1 Å². The van der Waals surface area contributed by atoms with Gasteiger partial charge in [0.25, 0.3) is 5.56 Å². The zero-order chi connectivity index (χ0) is 11.3. The molecule has 1 aromatic rings. The van der Waals surface area contributed by atoms with Gasteiger partial charge < -0.3 is 0 Å². The van der Waals surface area contributed by atoms with Gasteiger partial charge in [0.05, 0.1) is 0 Å². The van der Waals surface area contributed by atoms with E-state index in [9.17, 15) is 9.59 Å². The smallest absolute Gasteiger partial charge is 0.285 e. The molecule has 16 heavy (non-hydrogen) atoms. The Hall–Kier alpha value is -1.50. The largest absolute Gasteiger partial charge is 0.370 e. The minimum atomic E-state index is -0.638. The fourth-order valence-electron chi connectivity index (χ4n) is 1.75. The van der Waals surface area contributed by atoms with Gasteiger partial charge in [0.15, 0.2) is 16.0 Å². The molecule has 0 radical (unpaired) electrons. The number of carbonyl (C=O) groups is 1. The van der Waals surface area contributed by atoms with E-state index in [0.29, 0.717) is 17.6 Å². The van der Waals surface area contributed by atoms with Gasteiger partial charge >= 0.3 is 6.03 Å². The summed E-state index contributed by atoms with van der Waals surface area (Å²) in [5.74, 6) is 1.35. The molecule has 0 aromatic carbocycles. The molecule has 0 bridgehead atoms. The Kier molecular flexibility index (Phi) is 1.97. The van der Waals surface area contributed by atoms with E-state index in [4.69, 9.17) is 0 Å². The molecule has 1 aromatic heterocycles. The van der Waals surface area contributed by atoms with Crippen LogP contribution in [0.3, 0.4) is 0 Å². The van der Waals surface area contributed by atoms with Crippen LogP contribution in [0.2, 0.25) is 0 Å². The molecule has 0 spiro atoms. The lowest BCUT2D eigenvalue weighted by atomic mass is 10.2. The molecule has 0 aliphatic carbocycles. The van der Waals surface area contributed by atoms with Crippen molar-refractivity contribution in [3.63, 3.8) is 0 Å². The van der Waals surface area contributed by atoms with Crippen molar-refractivity contribution in [1.29, 1.82) is 0 Å². The second-order valence-electron chi connectivity index (χ2n) is 3.90. The summed E-state index contributed by atoms with van der Waals surface area (Å²) < 4.78 is 1.58. The maximum atomic E-state index is 12.0. The quantitative estimate of drug-likeness (QED) is 0.561. The lowest BCUT2D eigenvalue weighted by molar-refractivity contribution is 0.256. The molecule has 7 heteroatoms. The highest BCUT2D eigenvalue weighted by molar-refractivity contribution is 7.99. The van der Waals surface area contributed by atoms with Crippen molar-refractivity contribution in [3.05, 3.63) is 21.2 Å². The van der Waals surface area contributed by atoms with Crippen LogP contribution >= 0.6 is 11.8 Å². The minimum Gasteiger partial charge on any atom is -0.285 e. The Bertz CT molecular complexity index is 663. The van der Waals surface area contributed by atoms with E-state index < -0.39 is 6.03 Å². The first-order chi connectivity index (χ1) is 7.65. The van der Waals surface area contributed by atoms with Gasteiger partial charge in [0, 0.05) is 12.3 Å². The van der Waals surface area contributed by atoms with Crippen LogP contribution in [-0.4, -0.2) is 21.3 Å². The van der Waals surface area contributed by atoms with Crippen LogP contribution in [0.25, 0.3) is 0 Å². The SMILES string of the molecule is CC1CSc2nc3c(c(=O)n2C1)=NC(=O)N=3. The van der Waals surface area contributed by atoms with Crippen molar-refractivity contribution in [2.45, 2.75) is 18.6 Å². The van der Waals surface area contributed by atoms with E-state index in [1.54, 1.807) is 4.57 Å². The molecule has 0 fully saturated rings. The zero-order valence-electron chi connectivity index (χ0n) is 8.51. The second-order valence-corrected chi connectivity index (χ2v) is 4.89. The predicted octanol–water partition coefficient (Wildman–Crippen LogP) is -0.642. The third-order valence-electron chi connectivity index (χ3n) is 2.49. The molecule has 1 unspecified atom stereocenters. The monoisotopic (exact) mass is 236 g/mol. The summed E-state index contributed by atoms with van der Waals surface area (Å²) in [6.45, 7) is 2.70. The van der Waals surface area contributed by atoms with E-state index in [1.807, 2.05) is 0 Å². The number of aromatic nitrogens is 2. The molecule has 0 N–H and O–H groups in total. The van der Waals surface area contributed by atoms with Crippen molar-refractivity contribution in [1.82, 2.24) is 9.55 Å². The lowest BCUT2D eigenvalue weighted by Gasteiger charge is -2.20. The number of hydrogen-bond acceptors (Lipinski definition) is 4. The highest BCUT2D eigenvalue weighted by Gasteiger charge is 2.21. The molecule has 3 rings (SSSR count). The van der Waals surface area contributed by atoms with Gasteiger partial charge in [-0.25, -0.2) is 9.78 Å². The zero-order valence-corrected chi connectivity index (χ0v) is 9.32. The summed E-state index contributed by atoms with van der Waals surface area (Å²) >= 11 is 1.52. The number of hydrogen-bond donors (Lipinski definition) is 0. The summed E-state index contributed by atoms with van der Waals surface area (Å²) in [4.78, 5) is 34.4.